The molecule has 1 unspecified atom stereocenters. The number of anilines is 1. The van der Waals surface area contributed by atoms with Crippen LogP contribution in [0.25, 0.3) is 0 Å². The van der Waals surface area contributed by atoms with Crippen molar-refractivity contribution in [2.24, 2.45) is 0 Å². The van der Waals surface area contributed by atoms with E-state index in [2.05, 4.69) is 21.2 Å². The quantitative estimate of drug-likeness (QED) is 0.686. The highest BCUT2D eigenvalue weighted by Crippen LogP contribution is 2.24. The number of nitrogens with zero attached hydrogens (tertiary/aromatic N) is 1. The summed E-state index contributed by atoms with van der Waals surface area (Å²) in [6.45, 7) is 1.45. The second-order valence-electron chi connectivity index (χ2n) is 5.88. The van der Waals surface area contributed by atoms with E-state index in [0.717, 1.165) is 18.2 Å². The van der Waals surface area contributed by atoms with Crippen LogP contribution in [0.2, 0.25) is 0 Å². The van der Waals surface area contributed by atoms with E-state index < -0.39 is 11.6 Å². The lowest BCUT2D eigenvalue weighted by Crippen LogP contribution is -2.49. The van der Waals surface area contributed by atoms with E-state index in [1.165, 1.54) is 12.1 Å². The molecule has 0 spiro atoms. The van der Waals surface area contributed by atoms with Crippen LogP contribution in [-0.4, -0.2) is 42.4 Å². The number of morpholine rings is 1. The fourth-order valence-electron chi connectivity index (χ4n) is 2.56. The normalized spacial score (nSPS) is 16.9. The summed E-state index contributed by atoms with van der Waals surface area (Å²) in [4.78, 5) is 1.88. The number of rotatable bonds is 4. The molecule has 0 radical (unpaired) electrons. The number of halogens is 4. The third-order valence-corrected chi connectivity index (χ3v) is 4.93. The Hall–Kier alpha value is -1.84. The Labute approximate surface area is 168 Å². The standard InChI is InChI=1S/C18H16BrF3N2O2S/c19-14-7-11(20)2-4-16(14)23-18(27)24-5-6-25-13(9-24)10-26-17-8-12(21)1-3-15(17)22/h1-4,7-8,13H,5-6,9-10H2,(H,23,27). The van der Waals surface area contributed by atoms with Crippen molar-refractivity contribution < 1.29 is 22.6 Å². The van der Waals surface area contributed by atoms with Crippen molar-refractivity contribution in [1.29, 1.82) is 0 Å². The summed E-state index contributed by atoms with van der Waals surface area (Å²) >= 11 is 8.69. The molecule has 2 aromatic rings. The van der Waals surface area contributed by atoms with Crippen LogP contribution < -0.4 is 10.1 Å². The first-order chi connectivity index (χ1) is 12.9. The molecule has 1 fully saturated rings. The molecule has 1 aliphatic heterocycles. The SMILES string of the molecule is Fc1ccc(NC(=S)N2CCOC(COc3cc(F)ccc3F)C2)c(Br)c1. The molecule has 0 aliphatic carbocycles. The van der Waals surface area contributed by atoms with Crippen LogP contribution in [0.1, 0.15) is 0 Å². The van der Waals surface area contributed by atoms with Gasteiger partial charge in [0.15, 0.2) is 16.7 Å². The molecule has 27 heavy (non-hydrogen) atoms. The zero-order valence-corrected chi connectivity index (χ0v) is 16.5. The number of ether oxygens (including phenoxy) is 2. The molecule has 1 heterocycles. The highest BCUT2D eigenvalue weighted by molar-refractivity contribution is 9.10. The predicted octanol–water partition coefficient (Wildman–Crippen LogP) is 4.34. The second-order valence-corrected chi connectivity index (χ2v) is 7.12. The van der Waals surface area contributed by atoms with Crippen molar-refractivity contribution in [3.63, 3.8) is 0 Å². The van der Waals surface area contributed by atoms with Crippen molar-refractivity contribution >= 4 is 38.9 Å². The average molecular weight is 461 g/mol. The summed E-state index contributed by atoms with van der Waals surface area (Å²) < 4.78 is 51.5. The zero-order chi connectivity index (χ0) is 19.4. The lowest BCUT2D eigenvalue weighted by molar-refractivity contribution is -0.0286. The summed E-state index contributed by atoms with van der Waals surface area (Å²) in [6.07, 6.45) is -0.363. The second kappa shape index (κ2) is 8.90. The molecule has 1 N–H and O–H groups in total. The Morgan fingerprint density at radius 1 is 1.22 bits per heavy atom. The molecular formula is C18H16BrF3N2O2S. The zero-order valence-electron chi connectivity index (χ0n) is 14.1. The van der Waals surface area contributed by atoms with Crippen molar-refractivity contribution in [3.8, 4) is 5.75 Å². The van der Waals surface area contributed by atoms with Crippen LogP contribution in [0.4, 0.5) is 18.9 Å². The first kappa shape index (κ1) is 19.9. The van der Waals surface area contributed by atoms with Crippen molar-refractivity contribution in [2.45, 2.75) is 6.10 Å². The molecule has 0 saturated carbocycles. The molecule has 1 saturated heterocycles. The van der Waals surface area contributed by atoms with E-state index in [0.29, 0.717) is 35.0 Å². The molecule has 2 aromatic carbocycles. The van der Waals surface area contributed by atoms with Gasteiger partial charge >= 0.3 is 0 Å². The lowest BCUT2D eigenvalue weighted by atomic mass is 10.3. The minimum Gasteiger partial charge on any atom is -0.488 e. The maximum absolute atomic E-state index is 13.6. The molecule has 4 nitrogen and oxygen atoms in total. The van der Waals surface area contributed by atoms with Crippen molar-refractivity contribution in [2.75, 3.05) is 31.6 Å². The van der Waals surface area contributed by atoms with Crippen LogP contribution in [-0.2, 0) is 4.74 Å². The minimum atomic E-state index is -0.637. The summed E-state index contributed by atoms with van der Waals surface area (Å²) in [7, 11) is 0. The van der Waals surface area contributed by atoms with Gasteiger partial charge in [0.05, 0.1) is 12.3 Å². The molecule has 1 aliphatic rings. The monoisotopic (exact) mass is 460 g/mol. The van der Waals surface area contributed by atoms with Gasteiger partial charge in [0.1, 0.15) is 24.3 Å². The molecule has 1 atom stereocenters. The average Bonchev–Trinajstić information content (AvgIpc) is 2.65. The topological polar surface area (TPSA) is 33.7 Å². The molecule has 144 valence electrons. The molecule has 9 heteroatoms. The van der Waals surface area contributed by atoms with Gasteiger partial charge in [-0.2, -0.15) is 0 Å². The van der Waals surface area contributed by atoms with E-state index in [-0.39, 0.29) is 24.3 Å². The third kappa shape index (κ3) is 5.33. The molecule has 0 bridgehead atoms. The van der Waals surface area contributed by atoms with Gasteiger partial charge in [-0.3, -0.25) is 0 Å². The lowest BCUT2D eigenvalue weighted by Gasteiger charge is -2.34. The van der Waals surface area contributed by atoms with E-state index in [1.54, 1.807) is 6.07 Å². The van der Waals surface area contributed by atoms with Gasteiger partial charge in [-0.1, -0.05) is 0 Å². The Morgan fingerprint density at radius 2 is 1.96 bits per heavy atom. The van der Waals surface area contributed by atoms with Crippen LogP contribution in [0.3, 0.4) is 0 Å². The van der Waals surface area contributed by atoms with E-state index >= 15 is 0 Å². The molecule has 0 amide bonds. The van der Waals surface area contributed by atoms with Crippen LogP contribution in [0.15, 0.2) is 40.9 Å². The Balaban J connectivity index is 1.57. The Morgan fingerprint density at radius 3 is 2.74 bits per heavy atom. The molecule has 3 rings (SSSR count). The maximum atomic E-state index is 13.6. The number of hydrogen-bond donors (Lipinski definition) is 1. The van der Waals surface area contributed by atoms with Gasteiger partial charge in [-0.25, -0.2) is 13.2 Å². The number of hydrogen-bond acceptors (Lipinski definition) is 3. The minimum absolute atomic E-state index is 0.0553. The first-order valence-corrected chi connectivity index (χ1v) is 9.33. The van der Waals surface area contributed by atoms with Crippen molar-refractivity contribution in [3.05, 3.63) is 58.3 Å². The predicted molar refractivity (Wildman–Crippen MR) is 103 cm³/mol. The number of thiocarbonyl (C=S) groups is 1. The smallest absolute Gasteiger partial charge is 0.173 e. The van der Waals surface area contributed by atoms with Crippen LogP contribution in [0.5, 0.6) is 5.75 Å². The highest BCUT2D eigenvalue weighted by Gasteiger charge is 2.23. The van der Waals surface area contributed by atoms with Gasteiger partial charge in [-0.15, -0.1) is 0 Å². The fraction of sp³-hybridized carbons (Fsp3) is 0.278. The van der Waals surface area contributed by atoms with Gasteiger partial charge in [0.25, 0.3) is 0 Å². The summed E-state index contributed by atoms with van der Waals surface area (Å²) in [5.74, 6) is -1.73. The first-order valence-electron chi connectivity index (χ1n) is 8.13. The Bertz CT molecular complexity index is 840. The van der Waals surface area contributed by atoms with Crippen LogP contribution in [0, 0.1) is 17.5 Å². The third-order valence-electron chi connectivity index (χ3n) is 3.92. The maximum Gasteiger partial charge on any atom is 0.173 e. The largest absolute Gasteiger partial charge is 0.488 e. The van der Waals surface area contributed by atoms with Crippen LogP contribution >= 0.6 is 28.1 Å². The van der Waals surface area contributed by atoms with E-state index in [9.17, 15) is 13.2 Å². The Kier molecular flexibility index (Phi) is 6.56. The summed E-state index contributed by atoms with van der Waals surface area (Å²) in [6, 6.07) is 7.29. The highest BCUT2D eigenvalue weighted by atomic mass is 79.9. The summed E-state index contributed by atoms with van der Waals surface area (Å²) in [5.41, 5.74) is 0.641. The number of benzene rings is 2. The molecule has 0 aromatic heterocycles. The number of nitrogens with one attached hydrogen (secondary N) is 1. The van der Waals surface area contributed by atoms with Gasteiger partial charge in [-0.05, 0) is 58.5 Å². The van der Waals surface area contributed by atoms with E-state index in [1.807, 2.05) is 4.90 Å². The summed E-state index contributed by atoms with van der Waals surface area (Å²) in [5, 5.41) is 3.51. The van der Waals surface area contributed by atoms with Gasteiger partial charge in [0, 0.05) is 23.6 Å². The van der Waals surface area contributed by atoms with E-state index in [4.69, 9.17) is 21.7 Å². The molecular weight excluding hydrogens is 445 g/mol. The van der Waals surface area contributed by atoms with Crippen molar-refractivity contribution in [1.82, 2.24) is 4.90 Å². The van der Waals surface area contributed by atoms with Gasteiger partial charge < -0.3 is 19.7 Å². The fourth-order valence-corrected chi connectivity index (χ4v) is 3.29. The van der Waals surface area contributed by atoms with Gasteiger partial charge in [0.2, 0.25) is 0 Å².